The zero-order valence-corrected chi connectivity index (χ0v) is 15.1. The molecular formula is C17H15N7O2S. The fourth-order valence-corrected chi connectivity index (χ4v) is 3.66. The van der Waals surface area contributed by atoms with Gasteiger partial charge in [-0.1, -0.05) is 0 Å². The predicted octanol–water partition coefficient (Wildman–Crippen LogP) is 1.95. The summed E-state index contributed by atoms with van der Waals surface area (Å²) in [4.78, 5) is 17.7. The molecule has 136 valence electrons. The molecule has 3 aromatic heterocycles. The molecule has 1 aromatic carbocycles. The van der Waals surface area contributed by atoms with Crippen molar-refractivity contribution in [3.8, 4) is 21.8 Å². The second-order valence-corrected chi connectivity index (χ2v) is 6.87. The van der Waals surface area contributed by atoms with Crippen molar-refractivity contribution in [2.45, 2.75) is 6.54 Å². The number of fused-ring (bicyclic) bond motifs is 1. The van der Waals surface area contributed by atoms with Crippen molar-refractivity contribution in [3.63, 3.8) is 0 Å². The van der Waals surface area contributed by atoms with Crippen molar-refractivity contribution >= 4 is 38.9 Å². The Morgan fingerprint density at radius 1 is 1.26 bits per heavy atom. The van der Waals surface area contributed by atoms with Crippen molar-refractivity contribution in [2.75, 3.05) is 18.6 Å². The third-order valence-electron chi connectivity index (χ3n) is 3.93. The number of thiophene rings is 1. The number of anilines is 2. The van der Waals surface area contributed by atoms with Crippen LogP contribution in [0.25, 0.3) is 31.9 Å². The molecule has 0 saturated heterocycles. The number of hydrogen-bond acceptors (Lipinski definition) is 9. The number of methoxy groups -OCH3 is 1. The van der Waals surface area contributed by atoms with Crippen molar-refractivity contribution < 1.29 is 9.53 Å². The van der Waals surface area contributed by atoms with Gasteiger partial charge in [-0.2, -0.15) is 4.80 Å². The highest BCUT2D eigenvalue weighted by Gasteiger charge is 2.14. The van der Waals surface area contributed by atoms with Crippen molar-refractivity contribution in [1.82, 2.24) is 25.2 Å². The van der Waals surface area contributed by atoms with Crippen LogP contribution in [0.1, 0.15) is 0 Å². The third kappa shape index (κ3) is 3.29. The summed E-state index contributed by atoms with van der Waals surface area (Å²) in [5.41, 5.74) is 14.1. The zero-order valence-electron chi connectivity index (χ0n) is 14.3. The van der Waals surface area contributed by atoms with E-state index < -0.39 is 5.97 Å². The molecule has 0 atom stereocenters. The fourth-order valence-electron chi connectivity index (χ4n) is 2.60. The van der Waals surface area contributed by atoms with Gasteiger partial charge in [-0.15, -0.1) is 21.5 Å². The van der Waals surface area contributed by atoms with Crippen LogP contribution in [0.5, 0.6) is 0 Å². The Balaban J connectivity index is 1.71. The monoisotopic (exact) mass is 381 g/mol. The maximum Gasteiger partial charge on any atom is 0.329 e. The molecule has 27 heavy (non-hydrogen) atoms. The fraction of sp³-hybridized carbons (Fsp3) is 0.118. The minimum Gasteiger partial charge on any atom is -0.468 e. The molecule has 4 N–H and O–H groups in total. The first-order chi connectivity index (χ1) is 13.0. The summed E-state index contributed by atoms with van der Waals surface area (Å²) in [5.74, 6) is 0.290. The van der Waals surface area contributed by atoms with Crippen LogP contribution in [0.4, 0.5) is 11.5 Å². The molecule has 9 nitrogen and oxygen atoms in total. The number of pyridine rings is 1. The van der Waals surface area contributed by atoms with Gasteiger partial charge < -0.3 is 16.2 Å². The standard InChI is InChI=1S/C17H15N7O2S/c1-26-15(25)8-24-22-17(21-23-24)10-5-12(16(19)20-7-10)14-6-9-4-11(18)2-3-13(9)27-14/h2-7H,8,18H2,1H3,(H2,19,20). The van der Waals surface area contributed by atoms with E-state index in [1.807, 2.05) is 30.3 Å². The highest BCUT2D eigenvalue weighted by Crippen LogP contribution is 2.37. The lowest BCUT2D eigenvalue weighted by Gasteiger charge is -2.03. The van der Waals surface area contributed by atoms with Gasteiger partial charge in [0.15, 0.2) is 6.54 Å². The van der Waals surface area contributed by atoms with E-state index in [-0.39, 0.29) is 6.54 Å². The molecule has 0 fully saturated rings. The molecule has 0 spiro atoms. The Labute approximate surface area is 157 Å². The molecule has 0 radical (unpaired) electrons. The molecule has 4 rings (SSSR count). The summed E-state index contributed by atoms with van der Waals surface area (Å²) >= 11 is 1.60. The van der Waals surface area contributed by atoms with Gasteiger partial charge in [-0.3, -0.25) is 0 Å². The second-order valence-electron chi connectivity index (χ2n) is 5.78. The van der Waals surface area contributed by atoms with Gasteiger partial charge in [0.05, 0.1) is 7.11 Å². The van der Waals surface area contributed by atoms with Crippen LogP contribution in [-0.4, -0.2) is 38.3 Å². The Bertz CT molecular complexity index is 1150. The predicted molar refractivity (Wildman–Crippen MR) is 103 cm³/mol. The molecule has 0 unspecified atom stereocenters. The molecule has 3 heterocycles. The van der Waals surface area contributed by atoms with Crippen LogP contribution in [-0.2, 0) is 16.1 Å². The molecular weight excluding hydrogens is 366 g/mol. The lowest BCUT2D eigenvalue weighted by atomic mass is 10.1. The van der Waals surface area contributed by atoms with Crippen LogP contribution in [0, 0.1) is 0 Å². The van der Waals surface area contributed by atoms with Crippen LogP contribution in [0.15, 0.2) is 36.5 Å². The number of rotatable bonds is 4. The van der Waals surface area contributed by atoms with E-state index in [0.717, 1.165) is 20.5 Å². The maximum atomic E-state index is 11.3. The maximum absolute atomic E-state index is 11.3. The molecule has 0 amide bonds. The minimum atomic E-state index is -0.459. The number of nitrogen functional groups attached to an aromatic ring is 2. The number of ether oxygens (including phenoxy) is 1. The van der Waals surface area contributed by atoms with E-state index >= 15 is 0 Å². The van der Waals surface area contributed by atoms with E-state index in [4.69, 9.17) is 11.5 Å². The summed E-state index contributed by atoms with van der Waals surface area (Å²) in [6.45, 7) is -0.115. The summed E-state index contributed by atoms with van der Waals surface area (Å²) in [6, 6.07) is 9.64. The molecule has 0 saturated carbocycles. The minimum absolute atomic E-state index is 0.115. The van der Waals surface area contributed by atoms with Crippen LogP contribution in [0.3, 0.4) is 0 Å². The topological polar surface area (TPSA) is 135 Å². The average Bonchev–Trinajstić information content (AvgIpc) is 3.28. The van der Waals surface area contributed by atoms with Gasteiger partial charge in [-0.05, 0) is 40.9 Å². The summed E-state index contributed by atoms with van der Waals surface area (Å²) in [6.07, 6.45) is 1.57. The number of nitrogens with zero attached hydrogens (tertiary/aromatic N) is 5. The number of hydrogen-bond donors (Lipinski definition) is 2. The van der Waals surface area contributed by atoms with Crippen LogP contribution >= 0.6 is 11.3 Å². The Kier molecular flexibility index (Phi) is 4.16. The molecule has 0 bridgehead atoms. The third-order valence-corrected chi connectivity index (χ3v) is 5.08. The Morgan fingerprint density at radius 3 is 2.93 bits per heavy atom. The van der Waals surface area contributed by atoms with E-state index in [0.29, 0.717) is 22.9 Å². The largest absolute Gasteiger partial charge is 0.468 e. The number of aromatic nitrogens is 5. The number of carbonyl (C=O) groups is 1. The molecule has 0 aliphatic carbocycles. The van der Waals surface area contributed by atoms with Gasteiger partial charge in [-0.25, -0.2) is 9.78 Å². The average molecular weight is 381 g/mol. The highest BCUT2D eigenvalue weighted by atomic mass is 32.1. The molecule has 0 aliphatic rings. The van der Waals surface area contributed by atoms with E-state index in [1.54, 1.807) is 17.5 Å². The number of esters is 1. The first kappa shape index (κ1) is 16.9. The van der Waals surface area contributed by atoms with Gasteiger partial charge in [0, 0.05) is 32.6 Å². The molecule has 0 aliphatic heterocycles. The normalized spacial score (nSPS) is 11.0. The first-order valence-electron chi connectivity index (χ1n) is 7.93. The van der Waals surface area contributed by atoms with E-state index in [1.165, 1.54) is 11.9 Å². The number of nitrogens with two attached hydrogens (primary N) is 2. The van der Waals surface area contributed by atoms with Gasteiger partial charge >= 0.3 is 5.97 Å². The van der Waals surface area contributed by atoms with Crippen molar-refractivity contribution in [1.29, 1.82) is 0 Å². The SMILES string of the molecule is COC(=O)Cn1nnc(-c2cnc(N)c(-c3cc4cc(N)ccc4s3)c2)n1. The van der Waals surface area contributed by atoms with E-state index in [2.05, 4.69) is 25.1 Å². The first-order valence-corrected chi connectivity index (χ1v) is 8.75. The molecule has 4 aromatic rings. The smallest absolute Gasteiger partial charge is 0.329 e. The number of benzene rings is 1. The van der Waals surface area contributed by atoms with E-state index in [9.17, 15) is 4.79 Å². The zero-order chi connectivity index (χ0) is 19.0. The lowest BCUT2D eigenvalue weighted by Crippen LogP contribution is -2.14. The number of carbonyl (C=O) groups excluding carboxylic acids is 1. The Hall–Kier alpha value is -3.53. The second kappa shape index (κ2) is 6.65. The highest BCUT2D eigenvalue weighted by molar-refractivity contribution is 7.22. The Morgan fingerprint density at radius 2 is 2.11 bits per heavy atom. The summed E-state index contributed by atoms with van der Waals surface area (Å²) in [5, 5.41) is 13.1. The van der Waals surface area contributed by atoms with Gasteiger partial charge in [0.2, 0.25) is 5.82 Å². The number of tetrazole rings is 1. The summed E-state index contributed by atoms with van der Waals surface area (Å²) in [7, 11) is 1.30. The summed E-state index contributed by atoms with van der Waals surface area (Å²) < 4.78 is 5.70. The van der Waals surface area contributed by atoms with Crippen molar-refractivity contribution in [2.24, 2.45) is 0 Å². The van der Waals surface area contributed by atoms with Crippen LogP contribution < -0.4 is 11.5 Å². The quantitative estimate of drug-likeness (QED) is 0.404. The van der Waals surface area contributed by atoms with Gasteiger partial charge in [0.25, 0.3) is 0 Å². The lowest BCUT2D eigenvalue weighted by molar-refractivity contribution is -0.141. The van der Waals surface area contributed by atoms with Crippen LogP contribution in [0.2, 0.25) is 0 Å². The van der Waals surface area contributed by atoms with Crippen molar-refractivity contribution in [3.05, 3.63) is 36.5 Å². The molecule has 10 heteroatoms. The van der Waals surface area contributed by atoms with Gasteiger partial charge in [0.1, 0.15) is 5.82 Å².